The van der Waals surface area contributed by atoms with E-state index in [1.807, 2.05) is 0 Å². The van der Waals surface area contributed by atoms with Gasteiger partial charge in [-0.15, -0.1) is 0 Å². The number of hydrogen-bond donors (Lipinski definition) is 1. The first-order valence-corrected chi connectivity index (χ1v) is 5.18. The van der Waals surface area contributed by atoms with E-state index in [0.717, 1.165) is 6.07 Å². The highest BCUT2D eigenvalue weighted by Gasteiger charge is 2.10. The molecule has 88 valence electrons. The molecule has 1 unspecified atom stereocenters. The zero-order chi connectivity index (χ0) is 12.3. The van der Waals surface area contributed by atoms with Crippen molar-refractivity contribution in [2.75, 3.05) is 0 Å². The standard InChI is InChI=1S/C13H11F2NO/c14-11-4-9(5-12(15)7-11)6-13(17)10-2-1-3-16-8-10/h1-5,7-8,13,17H,6H2. The first-order chi connectivity index (χ1) is 8.15. The van der Waals surface area contributed by atoms with Crippen molar-refractivity contribution in [2.24, 2.45) is 0 Å². The molecule has 2 rings (SSSR count). The first kappa shape index (κ1) is 11.7. The summed E-state index contributed by atoms with van der Waals surface area (Å²) in [4.78, 5) is 3.87. The van der Waals surface area contributed by atoms with Gasteiger partial charge in [0, 0.05) is 24.9 Å². The molecular weight excluding hydrogens is 224 g/mol. The first-order valence-electron chi connectivity index (χ1n) is 5.18. The molecule has 1 atom stereocenters. The van der Waals surface area contributed by atoms with Crippen LogP contribution in [0.2, 0.25) is 0 Å². The van der Waals surface area contributed by atoms with E-state index in [9.17, 15) is 13.9 Å². The maximum atomic E-state index is 12.9. The third kappa shape index (κ3) is 3.07. The molecule has 0 aliphatic heterocycles. The minimum Gasteiger partial charge on any atom is -0.388 e. The molecule has 2 aromatic rings. The maximum absolute atomic E-state index is 12.9. The van der Waals surface area contributed by atoms with Gasteiger partial charge in [0.05, 0.1) is 6.10 Å². The van der Waals surface area contributed by atoms with Gasteiger partial charge in [-0.25, -0.2) is 8.78 Å². The van der Waals surface area contributed by atoms with Crippen LogP contribution in [0.15, 0.2) is 42.7 Å². The minimum atomic E-state index is -0.815. The Hall–Kier alpha value is -1.81. The topological polar surface area (TPSA) is 33.1 Å². The molecule has 4 heteroatoms. The van der Waals surface area contributed by atoms with Crippen molar-refractivity contribution in [2.45, 2.75) is 12.5 Å². The Morgan fingerprint density at radius 2 is 1.88 bits per heavy atom. The molecular formula is C13H11F2NO. The molecule has 17 heavy (non-hydrogen) atoms. The van der Waals surface area contributed by atoms with Crippen LogP contribution in [0.4, 0.5) is 8.78 Å². The van der Waals surface area contributed by atoms with Gasteiger partial charge in [-0.3, -0.25) is 4.98 Å². The van der Waals surface area contributed by atoms with Gasteiger partial charge in [0.25, 0.3) is 0 Å². The van der Waals surface area contributed by atoms with Crippen molar-refractivity contribution >= 4 is 0 Å². The largest absolute Gasteiger partial charge is 0.388 e. The number of pyridine rings is 1. The summed E-state index contributed by atoms with van der Waals surface area (Å²) >= 11 is 0. The van der Waals surface area contributed by atoms with Crippen LogP contribution in [0.5, 0.6) is 0 Å². The Bertz CT molecular complexity index is 482. The predicted molar refractivity (Wildman–Crippen MR) is 59.3 cm³/mol. The summed E-state index contributed by atoms with van der Waals surface area (Å²) in [5.74, 6) is -1.28. The van der Waals surface area contributed by atoms with Gasteiger partial charge in [0.2, 0.25) is 0 Å². The lowest BCUT2D eigenvalue weighted by atomic mass is 10.0. The maximum Gasteiger partial charge on any atom is 0.126 e. The second-order valence-electron chi connectivity index (χ2n) is 3.78. The van der Waals surface area contributed by atoms with Crippen LogP contribution in [0.3, 0.4) is 0 Å². The molecule has 0 radical (unpaired) electrons. The number of benzene rings is 1. The fourth-order valence-corrected chi connectivity index (χ4v) is 1.64. The Morgan fingerprint density at radius 3 is 2.47 bits per heavy atom. The Balaban J connectivity index is 2.16. The number of aromatic nitrogens is 1. The van der Waals surface area contributed by atoms with Crippen molar-refractivity contribution in [3.05, 3.63) is 65.5 Å². The molecule has 2 nitrogen and oxygen atoms in total. The SMILES string of the molecule is OC(Cc1cc(F)cc(F)c1)c1cccnc1. The smallest absolute Gasteiger partial charge is 0.126 e. The van der Waals surface area contributed by atoms with Crippen molar-refractivity contribution in [1.29, 1.82) is 0 Å². The Labute approximate surface area is 97.6 Å². The van der Waals surface area contributed by atoms with Crippen LogP contribution in [0.25, 0.3) is 0 Å². The number of aliphatic hydroxyl groups excluding tert-OH is 1. The number of halogens is 2. The number of hydrogen-bond acceptors (Lipinski definition) is 2. The summed E-state index contributed by atoms with van der Waals surface area (Å²) in [5.41, 5.74) is 1.04. The quantitative estimate of drug-likeness (QED) is 0.887. The van der Waals surface area contributed by atoms with E-state index in [1.165, 1.54) is 18.3 Å². The lowest BCUT2D eigenvalue weighted by Gasteiger charge is -2.10. The summed E-state index contributed by atoms with van der Waals surface area (Å²) in [5, 5.41) is 9.87. The van der Waals surface area contributed by atoms with Crippen LogP contribution < -0.4 is 0 Å². The third-order valence-corrected chi connectivity index (χ3v) is 2.42. The molecule has 0 bridgehead atoms. The molecule has 0 saturated heterocycles. The molecule has 0 amide bonds. The molecule has 1 heterocycles. The van der Waals surface area contributed by atoms with Crippen molar-refractivity contribution in [3.63, 3.8) is 0 Å². The average molecular weight is 235 g/mol. The summed E-state index contributed by atoms with van der Waals surface area (Å²) in [6, 6.07) is 6.64. The fraction of sp³-hybridized carbons (Fsp3) is 0.154. The van der Waals surface area contributed by atoms with E-state index in [4.69, 9.17) is 0 Å². The normalized spacial score (nSPS) is 12.4. The van der Waals surface area contributed by atoms with Gasteiger partial charge in [-0.05, 0) is 29.3 Å². The van der Waals surface area contributed by atoms with Crippen LogP contribution in [0.1, 0.15) is 17.2 Å². The van der Waals surface area contributed by atoms with Crippen LogP contribution >= 0.6 is 0 Å². The van der Waals surface area contributed by atoms with Crippen molar-refractivity contribution in [1.82, 2.24) is 4.98 Å². The molecule has 1 aromatic heterocycles. The number of nitrogens with zero attached hydrogens (tertiary/aromatic N) is 1. The van der Waals surface area contributed by atoms with Gasteiger partial charge in [0.1, 0.15) is 11.6 Å². The summed E-state index contributed by atoms with van der Waals surface area (Å²) < 4.78 is 25.9. The van der Waals surface area contributed by atoms with E-state index in [-0.39, 0.29) is 6.42 Å². The second-order valence-corrected chi connectivity index (χ2v) is 3.78. The van der Waals surface area contributed by atoms with E-state index < -0.39 is 17.7 Å². The molecule has 0 aliphatic carbocycles. The highest BCUT2D eigenvalue weighted by Crippen LogP contribution is 2.18. The van der Waals surface area contributed by atoms with E-state index in [2.05, 4.69) is 4.98 Å². The van der Waals surface area contributed by atoms with Crippen LogP contribution in [-0.2, 0) is 6.42 Å². The van der Waals surface area contributed by atoms with Crippen LogP contribution in [-0.4, -0.2) is 10.1 Å². The van der Waals surface area contributed by atoms with Gasteiger partial charge in [-0.1, -0.05) is 6.07 Å². The average Bonchev–Trinajstić information content (AvgIpc) is 2.28. The van der Waals surface area contributed by atoms with Gasteiger partial charge >= 0.3 is 0 Å². The number of rotatable bonds is 3. The lowest BCUT2D eigenvalue weighted by molar-refractivity contribution is 0.178. The van der Waals surface area contributed by atoms with E-state index in [1.54, 1.807) is 18.3 Å². The van der Waals surface area contributed by atoms with Crippen LogP contribution in [0, 0.1) is 11.6 Å². The second kappa shape index (κ2) is 5.01. The molecule has 0 aliphatic rings. The lowest BCUT2D eigenvalue weighted by Crippen LogP contribution is -2.02. The highest BCUT2D eigenvalue weighted by atomic mass is 19.1. The van der Waals surface area contributed by atoms with E-state index >= 15 is 0 Å². The summed E-state index contributed by atoms with van der Waals surface area (Å²) in [6.07, 6.45) is 2.46. The molecule has 0 spiro atoms. The summed E-state index contributed by atoms with van der Waals surface area (Å²) in [7, 11) is 0. The van der Waals surface area contributed by atoms with Gasteiger partial charge < -0.3 is 5.11 Å². The van der Waals surface area contributed by atoms with Crippen molar-refractivity contribution < 1.29 is 13.9 Å². The van der Waals surface area contributed by atoms with Gasteiger partial charge in [0.15, 0.2) is 0 Å². The number of aliphatic hydroxyl groups is 1. The molecule has 0 fully saturated rings. The van der Waals surface area contributed by atoms with Crippen molar-refractivity contribution in [3.8, 4) is 0 Å². The molecule has 1 N–H and O–H groups in total. The molecule has 0 saturated carbocycles. The third-order valence-electron chi connectivity index (χ3n) is 2.42. The van der Waals surface area contributed by atoms with E-state index in [0.29, 0.717) is 11.1 Å². The minimum absolute atomic E-state index is 0.153. The Kier molecular flexibility index (Phi) is 3.44. The van der Waals surface area contributed by atoms with Gasteiger partial charge in [-0.2, -0.15) is 0 Å². The monoisotopic (exact) mass is 235 g/mol. The fourth-order valence-electron chi connectivity index (χ4n) is 1.64. The Morgan fingerprint density at radius 1 is 1.18 bits per heavy atom. The predicted octanol–water partition coefficient (Wildman–Crippen LogP) is 2.64. The highest BCUT2D eigenvalue weighted by molar-refractivity contribution is 5.21. The zero-order valence-corrected chi connectivity index (χ0v) is 8.98. The summed E-state index contributed by atoms with van der Waals surface area (Å²) in [6.45, 7) is 0. The zero-order valence-electron chi connectivity index (χ0n) is 8.98. The molecule has 1 aromatic carbocycles.